The fourth-order valence-electron chi connectivity index (χ4n) is 2.40. The van der Waals surface area contributed by atoms with Crippen molar-refractivity contribution < 1.29 is 8.42 Å². The van der Waals surface area contributed by atoms with Crippen molar-refractivity contribution in [3.05, 3.63) is 17.0 Å². The van der Waals surface area contributed by atoms with Gasteiger partial charge in [-0.3, -0.25) is 4.68 Å². The number of sulfone groups is 1. The van der Waals surface area contributed by atoms with Crippen molar-refractivity contribution in [2.24, 2.45) is 0 Å². The van der Waals surface area contributed by atoms with Crippen molar-refractivity contribution in [3.8, 4) is 0 Å². The van der Waals surface area contributed by atoms with Gasteiger partial charge in [-0.2, -0.15) is 5.10 Å². The van der Waals surface area contributed by atoms with Gasteiger partial charge in [0.15, 0.2) is 9.84 Å². The average molecular weight is 301 g/mol. The van der Waals surface area contributed by atoms with Crippen molar-refractivity contribution in [1.82, 2.24) is 15.1 Å². The summed E-state index contributed by atoms with van der Waals surface area (Å²) in [5.41, 5.74) is 3.44. The van der Waals surface area contributed by atoms with Crippen LogP contribution in [0.15, 0.2) is 0 Å². The first-order valence-corrected chi connectivity index (χ1v) is 9.18. The highest BCUT2D eigenvalue weighted by Gasteiger charge is 2.20. The monoisotopic (exact) mass is 301 g/mol. The summed E-state index contributed by atoms with van der Waals surface area (Å²) in [7, 11) is -1.02. The molecule has 0 amide bonds. The van der Waals surface area contributed by atoms with Crippen LogP contribution in [0.4, 0.5) is 0 Å². The Labute approximate surface area is 122 Å². The molecule has 1 aromatic rings. The van der Waals surface area contributed by atoms with Crippen LogP contribution in [0.5, 0.6) is 0 Å². The summed E-state index contributed by atoms with van der Waals surface area (Å²) in [6, 6.07) is 0.233. The number of aromatic nitrogens is 2. The molecule has 1 unspecified atom stereocenters. The van der Waals surface area contributed by atoms with E-state index >= 15 is 0 Å². The van der Waals surface area contributed by atoms with E-state index in [0.717, 1.165) is 24.2 Å². The molecule has 1 aromatic heterocycles. The molecule has 0 aliphatic rings. The van der Waals surface area contributed by atoms with Crippen LogP contribution in [0.25, 0.3) is 0 Å². The van der Waals surface area contributed by atoms with E-state index in [1.54, 1.807) is 6.92 Å². The van der Waals surface area contributed by atoms with E-state index in [1.165, 1.54) is 5.56 Å². The Morgan fingerprint density at radius 1 is 1.25 bits per heavy atom. The zero-order valence-electron chi connectivity index (χ0n) is 13.2. The lowest BCUT2D eigenvalue weighted by Gasteiger charge is -2.13. The number of hydrogen-bond acceptors (Lipinski definition) is 4. The van der Waals surface area contributed by atoms with Crippen LogP contribution in [-0.2, 0) is 29.2 Å². The molecule has 0 aliphatic heterocycles. The molecule has 1 heterocycles. The molecule has 116 valence electrons. The number of nitrogens with zero attached hydrogens (tertiary/aromatic N) is 2. The van der Waals surface area contributed by atoms with E-state index in [1.807, 2.05) is 11.7 Å². The SMILES string of the molecule is CCc1nn(CCS(=O)(=O)CC)c(CC)c1C(C)NC. The summed E-state index contributed by atoms with van der Waals surface area (Å²) in [5, 5.41) is 7.87. The lowest BCUT2D eigenvalue weighted by Crippen LogP contribution is -2.18. The van der Waals surface area contributed by atoms with Gasteiger partial charge in [-0.25, -0.2) is 8.42 Å². The number of aryl methyl sites for hydroxylation is 2. The van der Waals surface area contributed by atoms with Gasteiger partial charge in [0.2, 0.25) is 0 Å². The van der Waals surface area contributed by atoms with Gasteiger partial charge >= 0.3 is 0 Å². The minimum Gasteiger partial charge on any atom is -0.313 e. The molecule has 0 saturated carbocycles. The molecule has 1 N–H and O–H groups in total. The van der Waals surface area contributed by atoms with E-state index in [9.17, 15) is 8.42 Å². The van der Waals surface area contributed by atoms with Crippen molar-refractivity contribution in [2.45, 2.75) is 53.1 Å². The van der Waals surface area contributed by atoms with Gasteiger partial charge in [0, 0.05) is 23.1 Å². The minimum absolute atomic E-state index is 0.161. The Balaban J connectivity index is 3.11. The Bertz CT molecular complexity index is 535. The third-order valence-corrected chi connectivity index (χ3v) is 5.45. The lowest BCUT2D eigenvalue weighted by molar-refractivity contribution is 0.571. The first-order valence-electron chi connectivity index (χ1n) is 7.36. The first kappa shape index (κ1) is 17.2. The maximum Gasteiger partial charge on any atom is 0.151 e. The Morgan fingerprint density at radius 3 is 2.35 bits per heavy atom. The maximum absolute atomic E-state index is 11.7. The van der Waals surface area contributed by atoms with Crippen molar-refractivity contribution in [3.63, 3.8) is 0 Å². The van der Waals surface area contributed by atoms with Crippen LogP contribution in [0, 0.1) is 0 Å². The van der Waals surface area contributed by atoms with E-state index < -0.39 is 9.84 Å². The van der Waals surface area contributed by atoms with Gasteiger partial charge in [-0.05, 0) is 26.8 Å². The highest BCUT2D eigenvalue weighted by atomic mass is 32.2. The summed E-state index contributed by atoms with van der Waals surface area (Å²) in [6.45, 7) is 8.42. The summed E-state index contributed by atoms with van der Waals surface area (Å²) >= 11 is 0. The molecule has 0 saturated heterocycles. The maximum atomic E-state index is 11.7. The van der Waals surface area contributed by atoms with E-state index in [-0.39, 0.29) is 17.5 Å². The number of nitrogens with one attached hydrogen (secondary N) is 1. The predicted octanol–water partition coefficient (Wildman–Crippen LogP) is 1.72. The minimum atomic E-state index is -2.96. The van der Waals surface area contributed by atoms with Gasteiger partial charge in [0.25, 0.3) is 0 Å². The Morgan fingerprint density at radius 2 is 1.90 bits per heavy atom. The van der Waals surface area contributed by atoms with Crippen molar-refractivity contribution in [2.75, 3.05) is 18.6 Å². The van der Waals surface area contributed by atoms with E-state index in [0.29, 0.717) is 6.54 Å². The molecular formula is C14H27N3O2S. The highest BCUT2D eigenvalue weighted by molar-refractivity contribution is 7.91. The molecule has 1 rings (SSSR count). The standard InChI is InChI=1S/C14H27N3O2S/c1-6-12-14(11(4)15-5)13(7-2)17(16-12)9-10-20(18,19)8-3/h11,15H,6-10H2,1-5H3. The molecular weight excluding hydrogens is 274 g/mol. The third kappa shape index (κ3) is 3.82. The normalized spacial score (nSPS) is 13.7. The molecule has 0 fully saturated rings. The average Bonchev–Trinajstić information content (AvgIpc) is 2.82. The molecule has 1 atom stereocenters. The molecule has 0 spiro atoms. The van der Waals surface area contributed by atoms with Gasteiger partial charge < -0.3 is 5.32 Å². The highest BCUT2D eigenvalue weighted by Crippen LogP contribution is 2.23. The summed E-state index contributed by atoms with van der Waals surface area (Å²) < 4.78 is 25.2. The van der Waals surface area contributed by atoms with Crippen LogP contribution in [0.3, 0.4) is 0 Å². The third-order valence-electron chi connectivity index (χ3n) is 3.76. The van der Waals surface area contributed by atoms with Crippen LogP contribution in [0.1, 0.15) is 50.7 Å². The first-order chi connectivity index (χ1) is 9.40. The van der Waals surface area contributed by atoms with Crippen molar-refractivity contribution >= 4 is 9.84 Å². The summed E-state index contributed by atoms with van der Waals surface area (Å²) in [5.74, 6) is 0.352. The van der Waals surface area contributed by atoms with E-state index in [2.05, 4.69) is 31.2 Å². The lowest BCUT2D eigenvalue weighted by atomic mass is 10.0. The second-order valence-electron chi connectivity index (χ2n) is 4.98. The molecule has 0 radical (unpaired) electrons. The number of rotatable bonds is 8. The molecule has 0 aliphatic carbocycles. The Hall–Kier alpha value is -0.880. The fraction of sp³-hybridized carbons (Fsp3) is 0.786. The predicted molar refractivity (Wildman–Crippen MR) is 82.8 cm³/mol. The molecule has 6 heteroatoms. The summed E-state index contributed by atoms with van der Waals surface area (Å²) in [6.07, 6.45) is 1.72. The van der Waals surface area contributed by atoms with Crippen LogP contribution >= 0.6 is 0 Å². The number of hydrogen-bond donors (Lipinski definition) is 1. The Kier molecular flexibility index (Phi) is 6.20. The topological polar surface area (TPSA) is 64.0 Å². The van der Waals surface area contributed by atoms with Crippen LogP contribution in [0.2, 0.25) is 0 Å². The molecule has 20 heavy (non-hydrogen) atoms. The van der Waals surface area contributed by atoms with Crippen LogP contribution < -0.4 is 5.32 Å². The van der Waals surface area contributed by atoms with Crippen LogP contribution in [-0.4, -0.2) is 36.8 Å². The fourth-order valence-corrected chi connectivity index (χ4v) is 3.14. The molecule has 0 bridgehead atoms. The zero-order valence-corrected chi connectivity index (χ0v) is 14.0. The van der Waals surface area contributed by atoms with Gasteiger partial charge in [0.05, 0.1) is 18.0 Å². The second kappa shape index (κ2) is 7.22. The molecule has 0 aromatic carbocycles. The van der Waals surface area contributed by atoms with Gasteiger partial charge in [-0.1, -0.05) is 20.8 Å². The summed E-state index contributed by atoms with van der Waals surface area (Å²) in [4.78, 5) is 0. The van der Waals surface area contributed by atoms with Crippen molar-refractivity contribution in [1.29, 1.82) is 0 Å². The zero-order chi connectivity index (χ0) is 15.3. The van der Waals surface area contributed by atoms with Gasteiger partial charge in [-0.15, -0.1) is 0 Å². The largest absolute Gasteiger partial charge is 0.313 e. The van der Waals surface area contributed by atoms with Gasteiger partial charge in [0.1, 0.15) is 0 Å². The van der Waals surface area contributed by atoms with E-state index in [4.69, 9.17) is 0 Å². The second-order valence-corrected chi connectivity index (χ2v) is 7.46. The molecule has 5 nitrogen and oxygen atoms in total. The smallest absolute Gasteiger partial charge is 0.151 e. The quantitative estimate of drug-likeness (QED) is 0.794.